The van der Waals surface area contributed by atoms with Crippen LogP contribution >= 0.6 is 22.6 Å². The highest BCUT2D eigenvalue weighted by molar-refractivity contribution is 14.1. The number of aryl methyl sites for hydroxylation is 1. The van der Waals surface area contributed by atoms with Crippen molar-refractivity contribution in [3.8, 4) is 23.3 Å². The van der Waals surface area contributed by atoms with Crippen LogP contribution in [0.15, 0.2) is 60.2 Å². The molecule has 0 fully saturated rings. The summed E-state index contributed by atoms with van der Waals surface area (Å²) in [6, 6.07) is 17.1. The maximum Gasteiger partial charge on any atom is 0.271 e. The van der Waals surface area contributed by atoms with E-state index in [2.05, 4.69) is 27.9 Å². The van der Waals surface area contributed by atoms with Gasteiger partial charge < -0.3 is 19.5 Å². The van der Waals surface area contributed by atoms with Crippen molar-refractivity contribution in [3.05, 3.63) is 90.5 Å². The van der Waals surface area contributed by atoms with Crippen LogP contribution in [-0.2, 0) is 11.4 Å². The number of nitro benzene ring substituents is 1. The highest BCUT2D eigenvalue weighted by Gasteiger charge is 2.18. The van der Waals surface area contributed by atoms with E-state index < -0.39 is 10.8 Å². The van der Waals surface area contributed by atoms with E-state index in [1.807, 2.05) is 44.2 Å². The second-order valence-corrected chi connectivity index (χ2v) is 8.91. The molecule has 9 nitrogen and oxygen atoms in total. The van der Waals surface area contributed by atoms with Crippen molar-refractivity contribution >= 4 is 45.9 Å². The Morgan fingerprint density at radius 1 is 1.16 bits per heavy atom. The van der Waals surface area contributed by atoms with Gasteiger partial charge in [0.05, 0.1) is 27.9 Å². The molecule has 0 heterocycles. The minimum Gasteiger partial charge on any atom is -0.495 e. The first-order chi connectivity index (χ1) is 17.8. The number of hydrogen-bond donors (Lipinski definition) is 1. The lowest BCUT2D eigenvalue weighted by Gasteiger charge is -2.16. The number of nitrogens with zero attached hydrogens (tertiary/aromatic N) is 2. The Morgan fingerprint density at radius 2 is 1.92 bits per heavy atom. The van der Waals surface area contributed by atoms with E-state index in [1.54, 1.807) is 12.1 Å². The van der Waals surface area contributed by atoms with E-state index in [-0.39, 0.29) is 22.7 Å². The van der Waals surface area contributed by atoms with Crippen LogP contribution in [0.2, 0.25) is 0 Å². The van der Waals surface area contributed by atoms with Gasteiger partial charge in [-0.2, -0.15) is 5.26 Å². The molecule has 0 aliphatic heterocycles. The minimum absolute atomic E-state index is 0.0763. The molecule has 37 heavy (non-hydrogen) atoms. The van der Waals surface area contributed by atoms with Crippen LogP contribution in [0.25, 0.3) is 6.08 Å². The average molecular weight is 613 g/mol. The van der Waals surface area contributed by atoms with Crippen molar-refractivity contribution in [1.29, 1.82) is 5.26 Å². The zero-order valence-corrected chi connectivity index (χ0v) is 22.6. The number of anilines is 1. The van der Waals surface area contributed by atoms with Gasteiger partial charge >= 0.3 is 0 Å². The van der Waals surface area contributed by atoms with Crippen molar-refractivity contribution < 1.29 is 23.9 Å². The molecule has 1 amide bonds. The summed E-state index contributed by atoms with van der Waals surface area (Å²) in [4.78, 5) is 23.4. The lowest BCUT2D eigenvalue weighted by Crippen LogP contribution is -2.14. The number of halogens is 1. The number of nitro groups is 1. The van der Waals surface area contributed by atoms with E-state index in [4.69, 9.17) is 14.2 Å². The molecule has 0 radical (unpaired) electrons. The minimum atomic E-state index is -0.742. The number of rotatable bonds is 10. The Labute approximate surface area is 227 Å². The predicted octanol–water partition coefficient (Wildman–Crippen LogP) is 6.04. The molecule has 1 N–H and O–H groups in total. The van der Waals surface area contributed by atoms with Crippen molar-refractivity contribution in [3.63, 3.8) is 0 Å². The lowest BCUT2D eigenvalue weighted by molar-refractivity contribution is -0.384. The molecule has 3 aromatic rings. The van der Waals surface area contributed by atoms with Crippen LogP contribution in [0.3, 0.4) is 0 Å². The average Bonchev–Trinajstić information content (AvgIpc) is 2.87. The fourth-order valence-corrected chi connectivity index (χ4v) is 4.19. The maximum absolute atomic E-state index is 12.9. The number of methoxy groups -OCH3 is 1. The third kappa shape index (κ3) is 6.98. The molecule has 0 saturated heterocycles. The van der Waals surface area contributed by atoms with Gasteiger partial charge in [0.1, 0.15) is 24.0 Å². The number of benzene rings is 3. The molecular weight excluding hydrogens is 589 g/mol. The number of amides is 1. The van der Waals surface area contributed by atoms with Crippen molar-refractivity contribution in [2.75, 3.05) is 19.0 Å². The third-order valence-corrected chi connectivity index (χ3v) is 6.08. The summed E-state index contributed by atoms with van der Waals surface area (Å²) in [6.07, 6.45) is 1.41. The fraction of sp³-hybridized carbons (Fsp3) is 0.185. The summed E-state index contributed by atoms with van der Waals surface area (Å²) >= 11 is 2.12. The number of non-ortho nitro benzene ring substituents is 1. The van der Waals surface area contributed by atoms with Crippen molar-refractivity contribution in [1.82, 2.24) is 0 Å². The van der Waals surface area contributed by atoms with Gasteiger partial charge in [0.2, 0.25) is 0 Å². The van der Waals surface area contributed by atoms with E-state index in [0.717, 1.165) is 14.7 Å². The van der Waals surface area contributed by atoms with Gasteiger partial charge in [0, 0.05) is 12.1 Å². The Bertz CT molecular complexity index is 1400. The van der Waals surface area contributed by atoms with Gasteiger partial charge in [-0.15, -0.1) is 0 Å². The van der Waals surface area contributed by atoms with Crippen LogP contribution in [0.4, 0.5) is 11.4 Å². The lowest BCUT2D eigenvalue weighted by atomic mass is 10.1. The molecule has 0 saturated carbocycles. The molecule has 3 aromatic carbocycles. The van der Waals surface area contributed by atoms with Crippen LogP contribution in [0.5, 0.6) is 17.2 Å². The molecular formula is C27H24IN3O6. The molecule has 0 aliphatic rings. The van der Waals surface area contributed by atoms with Gasteiger partial charge in [0.15, 0.2) is 11.5 Å². The monoisotopic (exact) mass is 613 g/mol. The normalized spacial score (nSPS) is 10.8. The van der Waals surface area contributed by atoms with Crippen LogP contribution in [0.1, 0.15) is 23.6 Å². The summed E-state index contributed by atoms with van der Waals surface area (Å²) in [6.45, 7) is 4.61. The summed E-state index contributed by atoms with van der Waals surface area (Å²) in [5.74, 6) is 0.521. The second-order valence-electron chi connectivity index (χ2n) is 7.74. The van der Waals surface area contributed by atoms with Gasteiger partial charge in [-0.1, -0.05) is 24.3 Å². The molecule has 190 valence electrons. The number of nitriles is 1. The number of carbonyl (C=O) groups excluding carboxylic acids is 1. The van der Waals surface area contributed by atoms with Gasteiger partial charge in [-0.3, -0.25) is 14.9 Å². The molecule has 0 unspecified atom stereocenters. The van der Waals surface area contributed by atoms with E-state index >= 15 is 0 Å². The number of ether oxygens (including phenoxy) is 3. The van der Waals surface area contributed by atoms with Crippen LogP contribution in [-0.4, -0.2) is 24.5 Å². The van der Waals surface area contributed by atoms with E-state index in [1.165, 1.54) is 31.4 Å². The Morgan fingerprint density at radius 3 is 2.57 bits per heavy atom. The summed E-state index contributed by atoms with van der Waals surface area (Å²) < 4.78 is 17.8. The molecule has 0 spiro atoms. The quantitative estimate of drug-likeness (QED) is 0.0973. The summed E-state index contributed by atoms with van der Waals surface area (Å²) in [7, 11) is 1.37. The van der Waals surface area contributed by atoms with Gasteiger partial charge in [-0.05, 0) is 77.4 Å². The van der Waals surface area contributed by atoms with Crippen LogP contribution < -0.4 is 19.5 Å². The summed E-state index contributed by atoms with van der Waals surface area (Å²) in [5.41, 5.74) is 2.35. The SMILES string of the molecule is CCOc1cc(/C=C(\C#N)C(=O)Nc2cc([N+](=O)[O-])ccc2OC)cc(I)c1OCc1ccccc1C. The molecule has 0 atom stereocenters. The molecule has 10 heteroatoms. The Balaban J connectivity index is 1.89. The first-order valence-electron chi connectivity index (χ1n) is 11.2. The molecule has 3 rings (SSSR count). The number of nitrogens with one attached hydrogen (secondary N) is 1. The standard InChI is InChI=1S/C27H24IN3O6/c1-4-36-25-13-18(12-22(28)26(25)37-16-19-8-6-5-7-17(19)2)11-20(15-29)27(32)30-23-14-21(31(33)34)9-10-24(23)35-3/h5-14H,4,16H2,1-3H3,(H,30,32)/b20-11+. The predicted molar refractivity (Wildman–Crippen MR) is 148 cm³/mol. The van der Waals surface area contributed by atoms with Crippen molar-refractivity contribution in [2.45, 2.75) is 20.5 Å². The van der Waals surface area contributed by atoms with Crippen molar-refractivity contribution in [2.24, 2.45) is 0 Å². The number of carbonyl (C=O) groups is 1. The zero-order valence-electron chi connectivity index (χ0n) is 20.4. The highest BCUT2D eigenvalue weighted by Crippen LogP contribution is 2.36. The molecule has 0 bridgehead atoms. The Hall–Kier alpha value is -4.11. The zero-order chi connectivity index (χ0) is 26.9. The first-order valence-corrected chi connectivity index (χ1v) is 12.2. The molecule has 0 aromatic heterocycles. The Kier molecular flexibility index (Phi) is 9.45. The van der Waals surface area contributed by atoms with Crippen LogP contribution in [0, 0.1) is 31.9 Å². The maximum atomic E-state index is 12.9. The second kappa shape index (κ2) is 12.7. The topological polar surface area (TPSA) is 124 Å². The fourth-order valence-electron chi connectivity index (χ4n) is 3.41. The third-order valence-electron chi connectivity index (χ3n) is 5.28. The molecule has 0 aliphatic carbocycles. The smallest absolute Gasteiger partial charge is 0.271 e. The number of hydrogen-bond acceptors (Lipinski definition) is 7. The first kappa shape index (κ1) is 27.5. The van der Waals surface area contributed by atoms with E-state index in [9.17, 15) is 20.2 Å². The van der Waals surface area contributed by atoms with Gasteiger partial charge in [-0.25, -0.2) is 0 Å². The summed E-state index contributed by atoms with van der Waals surface area (Å²) in [5, 5.41) is 23.3. The van der Waals surface area contributed by atoms with E-state index in [0.29, 0.717) is 30.3 Å². The highest BCUT2D eigenvalue weighted by atomic mass is 127. The largest absolute Gasteiger partial charge is 0.495 e. The van der Waals surface area contributed by atoms with Gasteiger partial charge in [0.25, 0.3) is 11.6 Å².